The zero-order valence-electron chi connectivity index (χ0n) is 12.6. The average Bonchev–Trinajstić information content (AvgIpc) is 2.62. The maximum atomic E-state index is 3.24. The summed E-state index contributed by atoms with van der Waals surface area (Å²) in [6.07, 6.45) is 0. The first-order valence-corrected chi connectivity index (χ1v) is 13.2. The molecule has 8 radical (unpaired) electrons. The fourth-order valence-corrected chi connectivity index (χ4v) is 4.46. The van der Waals surface area contributed by atoms with Crippen molar-refractivity contribution >= 4 is 36.1 Å². The second kappa shape index (κ2) is 8.99. The topological polar surface area (TPSA) is 0 Å². The van der Waals surface area contributed by atoms with Crippen molar-refractivity contribution in [1.82, 2.24) is 0 Å². The third-order valence-corrected chi connectivity index (χ3v) is 6.52. The summed E-state index contributed by atoms with van der Waals surface area (Å²) >= 11 is 0. The van der Waals surface area contributed by atoms with Gasteiger partial charge in [0.05, 0.1) is 0 Å². The monoisotopic (exact) mass is 360 g/mol. The Morgan fingerprint density at radius 3 is 0.917 bits per heavy atom. The van der Waals surface area contributed by atoms with Gasteiger partial charge in [0, 0.05) is 22.3 Å². The minimum Gasteiger partial charge on any atom is -0.133 e. The molecule has 0 fully saturated rings. The number of rotatable bonds is 0. The van der Waals surface area contributed by atoms with E-state index in [1.807, 2.05) is 48.5 Å². The molecule has 0 nitrogen and oxygen atoms in total. The van der Waals surface area contributed by atoms with Gasteiger partial charge in [-0.2, -0.15) is 0 Å². The van der Waals surface area contributed by atoms with Crippen molar-refractivity contribution in [3.63, 3.8) is 0 Å². The molecule has 0 saturated carbocycles. The Balaban J connectivity index is 1.90. The number of benzene rings is 2. The van der Waals surface area contributed by atoms with Crippen LogP contribution in [0.3, 0.4) is 0 Å². The van der Waals surface area contributed by atoms with Gasteiger partial charge in [0.2, 0.25) is 0 Å². The summed E-state index contributed by atoms with van der Waals surface area (Å²) in [4.78, 5) is 0. The maximum absolute atomic E-state index is 3.24. The zero-order chi connectivity index (χ0) is 16.5. The van der Waals surface area contributed by atoms with Crippen LogP contribution in [0.4, 0.5) is 0 Å². The van der Waals surface area contributed by atoms with E-state index in [1.54, 1.807) is 0 Å². The highest BCUT2D eigenvalue weighted by Gasteiger charge is 1.96. The first kappa shape index (κ1) is 16.4. The van der Waals surface area contributed by atoms with Crippen molar-refractivity contribution in [3.8, 4) is 45.9 Å². The largest absolute Gasteiger partial charge is 0.147 e. The quantitative estimate of drug-likeness (QED) is 0.490. The first-order chi connectivity index (χ1) is 11.9. The van der Waals surface area contributed by atoms with Gasteiger partial charge in [-0.1, -0.05) is 47.9 Å². The molecule has 0 atom stereocenters. The molecule has 1 aliphatic rings. The summed E-state index contributed by atoms with van der Waals surface area (Å²) in [5.41, 5.74) is 17.0. The van der Waals surface area contributed by atoms with Crippen LogP contribution in [0.5, 0.6) is 0 Å². The lowest BCUT2D eigenvalue weighted by atomic mass is 10.1. The molecule has 0 saturated heterocycles. The number of fused-ring (bicyclic) bond motifs is 2. The molecule has 2 aromatic rings. The van der Waals surface area contributed by atoms with Crippen LogP contribution in [0, 0.1) is 45.9 Å². The molecule has 3 rings (SSSR count). The van der Waals surface area contributed by atoms with E-state index >= 15 is 0 Å². The fraction of sp³-hybridized carbons (Fsp3) is 0. The van der Waals surface area contributed by atoms with Crippen LogP contribution in [-0.4, -0.2) is 36.1 Å². The molecule has 1 aliphatic heterocycles. The molecular formula is C20H8Si4. The van der Waals surface area contributed by atoms with E-state index in [2.05, 4.69) is 45.9 Å². The summed E-state index contributed by atoms with van der Waals surface area (Å²) < 4.78 is 0. The number of hydrogen-bond donors (Lipinski definition) is 0. The molecule has 104 valence electrons. The van der Waals surface area contributed by atoms with Gasteiger partial charge >= 0.3 is 0 Å². The Bertz CT molecular complexity index is 827. The summed E-state index contributed by atoms with van der Waals surface area (Å²) in [6.45, 7) is 0. The zero-order valence-corrected chi connectivity index (χ0v) is 16.6. The molecule has 0 aromatic heterocycles. The van der Waals surface area contributed by atoms with Gasteiger partial charge in [-0.15, -0.1) is 22.2 Å². The molecule has 1 heterocycles. The Hall–Kier alpha value is -2.45. The molecule has 0 unspecified atom stereocenters. The van der Waals surface area contributed by atoms with E-state index in [0.29, 0.717) is 36.1 Å². The third kappa shape index (κ3) is 4.77. The van der Waals surface area contributed by atoms with Gasteiger partial charge in [0.15, 0.2) is 0 Å². The lowest BCUT2D eigenvalue weighted by Crippen LogP contribution is -1.99. The van der Waals surface area contributed by atoms with E-state index in [0.717, 1.165) is 22.3 Å². The second-order valence-corrected chi connectivity index (χ2v) is 9.59. The summed E-state index contributed by atoms with van der Waals surface area (Å²) in [5, 5.41) is 0. The molecular weight excluding hydrogens is 353 g/mol. The van der Waals surface area contributed by atoms with Crippen LogP contribution in [0.15, 0.2) is 48.5 Å². The Kier molecular flexibility index (Phi) is 6.15. The van der Waals surface area contributed by atoms with Crippen molar-refractivity contribution in [1.29, 1.82) is 0 Å². The maximum Gasteiger partial charge on any atom is 0.147 e. The smallest absolute Gasteiger partial charge is 0.133 e. The van der Waals surface area contributed by atoms with Crippen LogP contribution in [0.2, 0.25) is 0 Å². The fourth-order valence-electron chi connectivity index (χ4n) is 1.92. The minimum absolute atomic E-state index is 0.532. The first-order valence-electron chi connectivity index (χ1n) is 7.15. The predicted molar refractivity (Wildman–Crippen MR) is 103 cm³/mol. The van der Waals surface area contributed by atoms with Gasteiger partial charge in [0.1, 0.15) is 36.1 Å². The van der Waals surface area contributed by atoms with E-state index in [-0.39, 0.29) is 0 Å². The van der Waals surface area contributed by atoms with Crippen molar-refractivity contribution in [2.75, 3.05) is 0 Å². The highest BCUT2D eigenvalue weighted by Crippen LogP contribution is 2.06. The number of hydrogen-bond acceptors (Lipinski definition) is 0. The summed E-state index contributed by atoms with van der Waals surface area (Å²) in [6, 6.07) is 16.1. The standard InChI is InChI=1S/C20H8Si4/c1-2-6-18-10-14-22-24-16-12-20-8-4-3-7-19(20)11-15-23-21-13-9-17(18)5-1/h1-8H. The van der Waals surface area contributed by atoms with Gasteiger partial charge in [0.25, 0.3) is 0 Å². The van der Waals surface area contributed by atoms with E-state index in [4.69, 9.17) is 0 Å². The van der Waals surface area contributed by atoms with E-state index in [1.165, 1.54) is 0 Å². The molecule has 0 bridgehead atoms. The van der Waals surface area contributed by atoms with Crippen LogP contribution in [-0.2, 0) is 0 Å². The van der Waals surface area contributed by atoms with Crippen molar-refractivity contribution in [2.24, 2.45) is 0 Å². The SMILES string of the molecule is C1#Cc2ccccc2C#C[Si][Si]C#Cc2ccccc2C#C[Si][Si]1. The molecule has 0 amide bonds. The highest BCUT2D eigenvalue weighted by atomic mass is 29.1. The van der Waals surface area contributed by atoms with E-state index < -0.39 is 0 Å². The van der Waals surface area contributed by atoms with Gasteiger partial charge in [-0.25, -0.2) is 0 Å². The van der Waals surface area contributed by atoms with Crippen molar-refractivity contribution in [2.45, 2.75) is 0 Å². The lowest BCUT2D eigenvalue weighted by molar-refractivity contribution is 1.59. The van der Waals surface area contributed by atoms with E-state index in [9.17, 15) is 0 Å². The van der Waals surface area contributed by atoms with Crippen LogP contribution < -0.4 is 0 Å². The normalized spacial score (nSPS) is 12.3. The lowest BCUT2D eigenvalue weighted by Gasteiger charge is -1.95. The summed E-state index contributed by atoms with van der Waals surface area (Å²) in [7, 11) is 2.13. The van der Waals surface area contributed by atoms with Gasteiger partial charge in [-0.3, -0.25) is 0 Å². The molecule has 2 aromatic carbocycles. The summed E-state index contributed by atoms with van der Waals surface area (Å²) in [5.74, 6) is 13.0. The van der Waals surface area contributed by atoms with Crippen molar-refractivity contribution < 1.29 is 0 Å². The van der Waals surface area contributed by atoms with Gasteiger partial charge < -0.3 is 0 Å². The minimum atomic E-state index is 0.532. The van der Waals surface area contributed by atoms with Crippen LogP contribution in [0.1, 0.15) is 22.3 Å². The molecule has 0 aliphatic carbocycles. The molecule has 4 heteroatoms. The highest BCUT2D eigenvalue weighted by molar-refractivity contribution is 7.08. The molecule has 0 spiro atoms. The predicted octanol–water partition coefficient (Wildman–Crippen LogP) is 1.28. The molecule has 24 heavy (non-hydrogen) atoms. The molecule has 0 N–H and O–H groups in total. The van der Waals surface area contributed by atoms with Crippen LogP contribution in [0.25, 0.3) is 0 Å². The average molecular weight is 361 g/mol. The Morgan fingerprint density at radius 2 is 0.667 bits per heavy atom. The van der Waals surface area contributed by atoms with Gasteiger partial charge in [-0.05, 0) is 24.3 Å². The van der Waals surface area contributed by atoms with Crippen molar-refractivity contribution in [3.05, 3.63) is 70.8 Å². The second-order valence-electron chi connectivity index (χ2n) is 4.59. The Labute approximate surface area is 152 Å². The Morgan fingerprint density at radius 1 is 0.417 bits per heavy atom. The van der Waals surface area contributed by atoms with Crippen LogP contribution >= 0.6 is 0 Å². The third-order valence-electron chi connectivity index (χ3n) is 3.02.